The summed E-state index contributed by atoms with van der Waals surface area (Å²) >= 11 is 0. The van der Waals surface area contributed by atoms with E-state index in [0.29, 0.717) is 17.5 Å². The van der Waals surface area contributed by atoms with Crippen LogP contribution >= 0.6 is 0 Å². The van der Waals surface area contributed by atoms with E-state index in [1.165, 1.54) is 13.2 Å². The first-order valence-corrected chi connectivity index (χ1v) is 9.41. The number of carbonyl (C=O) groups excluding carboxylic acids is 3. The molecule has 0 bridgehead atoms. The number of rotatable bonds is 3. The molecule has 0 amide bonds. The number of aromatic hydroxyl groups is 2. The lowest BCUT2D eigenvalue weighted by Gasteiger charge is -2.32. The predicted octanol–water partition coefficient (Wildman–Crippen LogP) is 2.08. The summed E-state index contributed by atoms with van der Waals surface area (Å²) in [6.45, 7) is 1.69. The Labute approximate surface area is 167 Å². The zero-order chi connectivity index (χ0) is 21.0. The van der Waals surface area contributed by atoms with Crippen molar-refractivity contribution in [2.75, 3.05) is 13.7 Å². The fraction of sp³-hybridized carbons (Fsp3) is 0.318. The van der Waals surface area contributed by atoms with Crippen LogP contribution in [0, 0.1) is 5.92 Å². The van der Waals surface area contributed by atoms with E-state index in [-0.39, 0.29) is 64.2 Å². The highest BCUT2D eigenvalue weighted by Gasteiger charge is 2.42. The van der Waals surface area contributed by atoms with Gasteiger partial charge in [-0.15, -0.1) is 0 Å². The van der Waals surface area contributed by atoms with Crippen LogP contribution in [0.1, 0.15) is 62.2 Å². The van der Waals surface area contributed by atoms with E-state index in [0.717, 1.165) is 0 Å². The number of methoxy groups -OCH3 is 1. The Morgan fingerprint density at radius 3 is 2.48 bits per heavy atom. The molecular weight excluding hydrogens is 374 g/mol. The van der Waals surface area contributed by atoms with Crippen LogP contribution in [0.2, 0.25) is 0 Å². The van der Waals surface area contributed by atoms with E-state index < -0.39 is 17.5 Å². The predicted molar refractivity (Wildman–Crippen MR) is 104 cm³/mol. The van der Waals surface area contributed by atoms with E-state index in [9.17, 15) is 24.6 Å². The van der Waals surface area contributed by atoms with E-state index in [1.54, 1.807) is 12.1 Å². The van der Waals surface area contributed by atoms with Crippen LogP contribution in [-0.4, -0.2) is 41.2 Å². The molecule has 2 atom stereocenters. The van der Waals surface area contributed by atoms with E-state index in [1.807, 2.05) is 6.92 Å². The molecule has 0 saturated carbocycles. The molecule has 0 heterocycles. The molecule has 0 fully saturated rings. The average Bonchev–Trinajstić information content (AvgIpc) is 2.72. The molecule has 0 aromatic heterocycles. The molecule has 4 rings (SSSR count). The third-order valence-corrected chi connectivity index (χ3v) is 6.00. The number of ketones is 3. The van der Waals surface area contributed by atoms with Crippen LogP contribution in [0.4, 0.5) is 0 Å². The highest BCUT2D eigenvalue weighted by molar-refractivity contribution is 6.31. The lowest BCUT2D eigenvalue weighted by Crippen LogP contribution is -2.31. The second-order valence-electron chi connectivity index (χ2n) is 7.59. The minimum absolute atomic E-state index is 0.0711. The van der Waals surface area contributed by atoms with Crippen molar-refractivity contribution in [3.63, 3.8) is 0 Å². The number of Topliss-reactive ketones (excluding diaryl/α,β-unsaturated/α-hetero) is 1. The van der Waals surface area contributed by atoms with Gasteiger partial charge in [-0.3, -0.25) is 14.4 Å². The molecule has 2 aromatic carbocycles. The van der Waals surface area contributed by atoms with Crippen LogP contribution in [0.25, 0.3) is 0 Å². The summed E-state index contributed by atoms with van der Waals surface area (Å²) in [7, 11) is 1.39. The van der Waals surface area contributed by atoms with Crippen molar-refractivity contribution in [1.29, 1.82) is 0 Å². The molecule has 2 aromatic rings. The highest BCUT2D eigenvalue weighted by Crippen LogP contribution is 2.50. The van der Waals surface area contributed by atoms with Crippen LogP contribution in [-0.2, 0) is 11.2 Å². The van der Waals surface area contributed by atoms with Crippen molar-refractivity contribution < 1.29 is 29.3 Å². The van der Waals surface area contributed by atoms with Crippen molar-refractivity contribution in [2.45, 2.75) is 25.7 Å². The summed E-state index contributed by atoms with van der Waals surface area (Å²) in [5.74, 6) is -2.42. The van der Waals surface area contributed by atoms with Gasteiger partial charge in [-0.05, 0) is 24.8 Å². The fourth-order valence-electron chi connectivity index (χ4n) is 4.64. The molecule has 29 heavy (non-hydrogen) atoms. The van der Waals surface area contributed by atoms with Gasteiger partial charge >= 0.3 is 0 Å². The molecule has 0 radical (unpaired) electrons. The quantitative estimate of drug-likeness (QED) is 0.579. The Balaban J connectivity index is 1.98. The lowest BCUT2D eigenvalue weighted by molar-refractivity contribution is -0.122. The van der Waals surface area contributed by atoms with E-state index in [4.69, 9.17) is 10.5 Å². The second-order valence-corrected chi connectivity index (χ2v) is 7.59. The molecule has 0 aliphatic heterocycles. The van der Waals surface area contributed by atoms with Gasteiger partial charge in [0.1, 0.15) is 23.0 Å². The minimum atomic E-state index is -0.574. The van der Waals surface area contributed by atoms with Crippen molar-refractivity contribution in [3.8, 4) is 17.2 Å². The Bertz CT molecular complexity index is 1090. The third-order valence-electron chi connectivity index (χ3n) is 6.00. The molecule has 2 aliphatic rings. The van der Waals surface area contributed by atoms with Crippen LogP contribution in [0.5, 0.6) is 17.2 Å². The van der Waals surface area contributed by atoms with Gasteiger partial charge in [0, 0.05) is 22.6 Å². The number of phenols is 2. The summed E-state index contributed by atoms with van der Waals surface area (Å²) in [5, 5.41) is 22.0. The van der Waals surface area contributed by atoms with Gasteiger partial charge in [0.15, 0.2) is 5.78 Å². The Morgan fingerprint density at radius 2 is 1.83 bits per heavy atom. The number of phenolic OH excluding ortho intramolecular Hbond substituents is 2. The van der Waals surface area contributed by atoms with Crippen molar-refractivity contribution >= 4 is 17.3 Å². The number of benzene rings is 2. The largest absolute Gasteiger partial charge is 0.507 e. The first kappa shape index (κ1) is 19.1. The maximum absolute atomic E-state index is 13.2. The summed E-state index contributed by atoms with van der Waals surface area (Å²) in [4.78, 5) is 38.6. The van der Waals surface area contributed by atoms with Gasteiger partial charge in [-0.25, -0.2) is 0 Å². The molecule has 2 aliphatic carbocycles. The topological polar surface area (TPSA) is 127 Å². The van der Waals surface area contributed by atoms with Gasteiger partial charge in [-0.2, -0.15) is 0 Å². The zero-order valence-corrected chi connectivity index (χ0v) is 16.1. The number of carbonyl (C=O) groups is 3. The molecule has 0 saturated heterocycles. The van der Waals surface area contributed by atoms with Gasteiger partial charge < -0.3 is 20.7 Å². The maximum Gasteiger partial charge on any atom is 0.202 e. The summed E-state index contributed by atoms with van der Waals surface area (Å²) < 4.78 is 5.24. The molecule has 0 spiro atoms. The summed E-state index contributed by atoms with van der Waals surface area (Å²) in [6.07, 6.45) is 0.603. The fourth-order valence-corrected chi connectivity index (χ4v) is 4.64. The highest BCUT2D eigenvalue weighted by atomic mass is 16.5. The van der Waals surface area contributed by atoms with Gasteiger partial charge in [0.2, 0.25) is 5.78 Å². The van der Waals surface area contributed by atoms with Crippen molar-refractivity contribution in [2.24, 2.45) is 11.7 Å². The van der Waals surface area contributed by atoms with Gasteiger partial charge in [0.25, 0.3) is 0 Å². The SMILES string of the molecule is COc1cccc2c1C(=O)c1c(O)c3c(c(O)c1C2=O)CC(C(=O)CN)C[C@@H]3C. The number of fused-ring (bicyclic) bond motifs is 3. The van der Waals surface area contributed by atoms with Crippen LogP contribution in [0.3, 0.4) is 0 Å². The van der Waals surface area contributed by atoms with E-state index >= 15 is 0 Å². The Kier molecular flexibility index (Phi) is 4.42. The molecule has 150 valence electrons. The monoisotopic (exact) mass is 395 g/mol. The third kappa shape index (κ3) is 2.57. The molecule has 7 heteroatoms. The normalized spacial score (nSPS) is 20.0. The number of ether oxygens (including phenoxy) is 1. The summed E-state index contributed by atoms with van der Waals surface area (Å²) in [5.41, 5.74) is 5.98. The zero-order valence-electron chi connectivity index (χ0n) is 16.1. The average molecular weight is 395 g/mol. The molecule has 7 nitrogen and oxygen atoms in total. The van der Waals surface area contributed by atoms with Crippen LogP contribution in [0.15, 0.2) is 18.2 Å². The van der Waals surface area contributed by atoms with Crippen molar-refractivity contribution in [1.82, 2.24) is 0 Å². The van der Waals surface area contributed by atoms with E-state index in [2.05, 4.69) is 0 Å². The first-order valence-electron chi connectivity index (χ1n) is 9.41. The van der Waals surface area contributed by atoms with Crippen LogP contribution < -0.4 is 10.5 Å². The second kappa shape index (κ2) is 6.70. The Hall–Kier alpha value is -3.19. The molecule has 1 unspecified atom stereocenters. The number of nitrogens with two attached hydrogens (primary N) is 1. The van der Waals surface area contributed by atoms with Gasteiger partial charge in [0.05, 0.1) is 30.3 Å². The maximum atomic E-state index is 13.2. The smallest absolute Gasteiger partial charge is 0.202 e. The number of hydrogen-bond donors (Lipinski definition) is 3. The van der Waals surface area contributed by atoms with Gasteiger partial charge in [-0.1, -0.05) is 19.1 Å². The summed E-state index contributed by atoms with van der Waals surface area (Å²) in [6, 6.07) is 4.64. The Morgan fingerprint density at radius 1 is 1.14 bits per heavy atom. The standard InChI is InChI=1S/C22H21NO6/c1-9-6-10(13(24)8-23)7-12-15(9)21(27)18-17(20(12)26)19(25)11-4-3-5-14(29-2)16(11)22(18)28/h3-5,9-10,26-27H,6-8,23H2,1-2H3/t9-,10?/m0/s1. The molecule has 4 N–H and O–H groups in total. The lowest BCUT2D eigenvalue weighted by atomic mass is 9.71. The minimum Gasteiger partial charge on any atom is -0.507 e. The first-order chi connectivity index (χ1) is 13.8. The number of hydrogen-bond acceptors (Lipinski definition) is 7. The van der Waals surface area contributed by atoms with Crippen molar-refractivity contribution in [3.05, 3.63) is 51.6 Å². The molecular formula is C22H21NO6.